The molecule has 0 radical (unpaired) electrons. The third-order valence-electron chi connectivity index (χ3n) is 6.14. The monoisotopic (exact) mass is 452 g/mol. The molecule has 0 unspecified atom stereocenters. The molecule has 1 aliphatic carbocycles. The van der Waals surface area contributed by atoms with Crippen LogP contribution >= 0.6 is 11.6 Å². The quantitative estimate of drug-likeness (QED) is 0.586. The van der Waals surface area contributed by atoms with Crippen molar-refractivity contribution in [1.82, 2.24) is 30.4 Å². The lowest BCUT2D eigenvalue weighted by molar-refractivity contribution is -0.146. The van der Waals surface area contributed by atoms with Gasteiger partial charge in [-0.1, -0.05) is 41.9 Å². The van der Waals surface area contributed by atoms with Crippen LogP contribution in [0.1, 0.15) is 23.7 Å². The van der Waals surface area contributed by atoms with Gasteiger partial charge in [0.25, 0.3) is 5.91 Å². The van der Waals surface area contributed by atoms with Crippen molar-refractivity contribution in [3.05, 3.63) is 71.0 Å². The van der Waals surface area contributed by atoms with Crippen LogP contribution in [-0.4, -0.2) is 54.6 Å². The lowest BCUT2D eigenvalue weighted by Gasteiger charge is -2.29. The number of benzene rings is 2. The van der Waals surface area contributed by atoms with Gasteiger partial charge in [0.15, 0.2) is 6.10 Å². The molecule has 164 valence electrons. The van der Waals surface area contributed by atoms with Crippen LogP contribution in [0.25, 0.3) is 5.69 Å². The number of halogens is 1. The number of rotatable bonds is 6. The second kappa shape index (κ2) is 8.33. The van der Waals surface area contributed by atoms with Crippen LogP contribution in [0.4, 0.5) is 0 Å². The molecule has 10 heteroatoms. The summed E-state index contributed by atoms with van der Waals surface area (Å²) in [7, 11) is 0. The first-order valence-electron chi connectivity index (χ1n) is 10.4. The molecule has 4 atom stereocenters. The van der Waals surface area contributed by atoms with E-state index in [1.54, 1.807) is 42.5 Å². The van der Waals surface area contributed by atoms with Crippen LogP contribution < -0.4 is 5.32 Å². The molecule has 32 heavy (non-hydrogen) atoms. The molecule has 2 fully saturated rings. The Morgan fingerprint density at radius 3 is 2.78 bits per heavy atom. The van der Waals surface area contributed by atoms with Gasteiger partial charge in [-0.2, -0.15) is 0 Å². The maximum Gasteiger partial charge on any atom is 0.256 e. The van der Waals surface area contributed by atoms with E-state index >= 15 is 0 Å². The number of likely N-dealkylation sites (tertiary alicyclic amines) is 1. The summed E-state index contributed by atoms with van der Waals surface area (Å²) in [5.74, 6) is -0.257. The van der Waals surface area contributed by atoms with Crippen molar-refractivity contribution in [2.24, 2.45) is 11.8 Å². The van der Waals surface area contributed by atoms with Gasteiger partial charge < -0.3 is 15.3 Å². The van der Waals surface area contributed by atoms with Gasteiger partial charge in [0, 0.05) is 18.1 Å². The molecular formula is C22H21ClN6O3. The van der Waals surface area contributed by atoms with Crippen molar-refractivity contribution in [3.63, 3.8) is 0 Å². The highest BCUT2D eigenvalue weighted by Gasteiger charge is 2.57. The Labute approximate surface area is 189 Å². The first-order chi connectivity index (χ1) is 15.5. The summed E-state index contributed by atoms with van der Waals surface area (Å²) in [5.41, 5.74) is 1.95. The zero-order valence-electron chi connectivity index (χ0n) is 17.0. The summed E-state index contributed by atoms with van der Waals surface area (Å²) in [4.78, 5) is 27.7. The zero-order chi connectivity index (χ0) is 22.2. The molecule has 2 N–H and O–H groups in total. The highest BCUT2D eigenvalue weighted by Crippen LogP contribution is 2.50. The molecular weight excluding hydrogens is 432 g/mol. The molecule has 3 aromatic rings. The number of fused-ring (bicyclic) bond motifs is 1. The van der Waals surface area contributed by atoms with Gasteiger partial charge in [0.2, 0.25) is 5.91 Å². The molecule has 9 nitrogen and oxygen atoms in total. The van der Waals surface area contributed by atoms with Crippen LogP contribution in [0, 0.1) is 11.8 Å². The third-order valence-corrected chi connectivity index (χ3v) is 6.38. The van der Waals surface area contributed by atoms with E-state index in [4.69, 9.17) is 11.6 Å². The molecule has 2 aliphatic rings. The molecule has 1 aromatic heterocycles. The number of carbonyl (C=O) groups excluding carboxylic acids is 2. The molecule has 2 aromatic carbocycles. The van der Waals surface area contributed by atoms with E-state index in [1.165, 1.54) is 15.9 Å². The van der Waals surface area contributed by atoms with Crippen molar-refractivity contribution in [3.8, 4) is 5.69 Å². The topological polar surface area (TPSA) is 113 Å². The largest absolute Gasteiger partial charge is 0.378 e. The summed E-state index contributed by atoms with van der Waals surface area (Å²) in [6, 6.07) is 13.4. The molecule has 1 aliphatic heterocycles. The number of carbonyl (C=O) groups is 2. The average molecular weight is 453 g/mol. The fourth-order valence-corrected chi connectivity index (χ4v) is 4.64. The summed E-state index contributed by atoms with van der Waals surface area (Å²) < 4.78 is 1.50. The number of hydrogen-bond donors (Lipinski definition) is 2. The van der Waals surface area contributed by atoms with E-state index in [2.05, 4.69) is 20.8 Å². The lowest BCUT2D eigenvalue weighted by Crippen LogP contribution is -2.49. The third kappa shape index (κ3) is 3.85. The van der Waals surface area contributed by atoms with Crippen molar-refractivity contribution in [2.75, 3.05) is 6.54 Å². The molecule has 5 rings (SSSR count). The Morgan fingerprint density at radius 1 is 1.22 bits per heavy atom. The normalized spacial score (nSPS) is 22.3. The lowest BCUT2D eigenvalue weighted by atomic mass is 10.1. The fourth-order valence-electron chi connectivity index (χ4n) is 4.44. The van der Waals surface area contributed by atoms with Gasteiger partial charge in [-0.15, -0.1) is 5.10 Å². The summed E-state index contributed by atoms with van der Waals surface area (Å²) >= 11 is 6.15. The van der Waals surface area contributed by atoms with Gasteiger partial charge >= 0.3 is 0 Å². The summed E-state index contributed by atoms with van der Waals surface area (Å²) in [6.07, 6.45) is 1.09. The number of nitrogens with one attached hydrogen (secondary N) is 1. The number of aliphatic hydroxyl groups excluding tert-OH is 1. The van der Waals surface area contributed by atoms with E-state index in [-0.39, 0.29) is 18.4 Å². The first-order valence-corrected chi connectivity index (χ1v) is 10.7. The van der Waals surface area contributed by atoms with Crippen molar-refractivity contribution >= 4 is 23.4 Å². The molecule has 2 heterocycles. The SMILES string of the molecule is O=C(NCc1cc(Cl)ccc1-n1cnnn1)[C@@H]1[C@H]2C[C@H]2CN1C(=O)[C@H](O)c1ccccc1. The highest BCUT2D eigenvalue weighted by molar-refractivity contribution is 6.30. The molecule has 1 saturated carbocycles. The Morgan fingerprint density at radius 2 is 2.03 bits per heavy atom. The van der Waals surface area contributed by atoms with E-state index in [9.17, 15) is 14.7 Å². The van der Waals surface area contributed by atoms with Crippen LogP contribution in [0.15, 0.2) is 54.9 Å². The average Bonchev–Trinajstić information content (AvgIpc) is 3.21. The number of aromatic nitrogens is 4. The van der Waals surface area contributed by atoms with E-state index in [0.29, 0.717) is 28.7 Å². The number of nitrogens with zero attached hydrogens (tertiary/aromatic N) is 5. The minimum absolute atomic E-state index is 0.125. The Balaban J connectivity index is 1.31. The van der Waals surface area contributed by atoms with Crippen LogP contribution in [0.2, 0.25) is 5.02 Å². The summed E-state index contributed by atoms with van der Waals surface area (Å²) in [5, 5.41) is 25.2. The maximum absolute atomic E-state index is 13.1. The van der Waals surface area contributed by atoms with Crippen molar-refractivity contribution < 1.29 is 14.7 Å². The van der Waals surface area contributed by atoms with Gasteiger partial charge in [0.05, 0.1) is 5.69 Å². The number of amides is 2. The van der Waals surface area contributed by atoms with Crippen molar-refractivity contribution in [2.45, 2.75) is 25.1 Å². The number of piperidine rings is 1. The van der Waals surface area contributed by atoms with Crippen molar-refractivity contribution in [1.29, 1.82) is 0 Å². The standard InChI is InChI=1S/C22H21ClN6O3/c23-16-6-7-18(29-12-25-26-27-29)14(8-16)10-24-21(31)19-17-9-15(17)11-28(19)22(32)20(30)13-4-2-1-3-5-13/h1-8,12,15,17,19-20,30H,9-11H2,(H,24,31)/t15-,17-,19-,20+/m0/s1. The number of aliphatic hydroxyl groups is 1. The Bertz CT molecular complexity index is 1140. The Kier molecular flexibility index (Phi) is 5.36. The summed E-state index contributed by atoms with van der Waals surface area (Å²) in [6.45, 7) is 0.685. The maximum atomic E-state index is 13.1. The minimum atomic E-state index is -1.29. The van der Waals surface area contributed by atoms with E-state index < -0.39 is 18.1 Å². The first kappa shape index (κ1) is 20.6. The number of hydrogen-bond acceptors (Lipinski definition) is 6. The van der Waals surface area contributed by atoms with Gasteiger partial charge in [-0.25, -0.2) is 4.68 Å². The van der Waals surface area contributed by atoms with Crippen LogP contribution in [-0.2, 0) is 16.1 Å². The van der Waals surface area contributed by atoms with E-state index in [0.717, 1.165) is 12.0 Å². The fraction of sp³-hybridized carbons (Fsp3) is 0.318. The van der Waals surface area contributed by atoms with Gasteiger partial charge in [-0.3, -0.25) is 9.59 Å². The predicted octanol–water partition coefficient (Wildman–Crippen LogP) is 1.51. The Hall–Kier alpha value is -3.30. The molecule has 0 bridgehead atoms. The smallest absolute Gasteiger partial charge is 0.256 e. The second-order valence-electron chi connectivity index (χ2n) is 8.15. The highest BCUT2D eigenvalue weighted by atomic mass is 35.5. The molecule has 2 amide bonds. The molecule has 1 saturated heterocycles. The van der Waals surface area contributed by atoms with E-state index in [1.807, 2.05) is 6.07 Å². The molecule has 0 spiro atoms. The van der Waals surface area contributed by atoms with Crippen LogP contribution in [0.3, 0.4) is 0 Å². The van der Waals surface area contributed by atoms with Gasteiger partial charge in [-0.05, 0) is 58.0 Å². The number of tetrazole rings is 1. The minimum Gasteiger partial charge on any atom is -0.378 e. The predicted molar refractivity (Wildman–Crippen MR) is 115 cm³/mol. The van der Waals surface area contributed by atoms with Gasteiger partial charge in [0.1, 0.15) is 12.4 Å². The van der Waals surface area contributed by atoms with Crippen LogP contribution in [0.5, 0.6) is 0 Å². The second-order valence-corrected chi connectivity index (χ2v) is 8.59. The zero-order valence-corrected chi connectivity index (χ0v) is 17.8.